The number of thiophene rings is 1. The lowest BCUT2D eigenvalue weighted by Gasteiger charge is -2.30. The largest absolute Gasteiger partial charge is 0.383 e. The smallest absolute Gasteiger partial charge is 0.261 e. The van der Waals surface area contributed by atoms with Crippen LogP contribution >= 0.6 is 22.9 Å². The Labute approximate surface area is 206 Å². The lowest BCUT2D eigenvalue weighted by atomic mass is 10.1. The fraction of sp³-hybridized carbons (Fsp3) is 0.440. The van der Waals surface area contributed by atoms with E-state index in [9.17, 15) is 4.79 Å². The van der Waals surface area contributed by atoms with Gasteiger partial charge in [0.2, 0.25) is 0 Å². The number of carbonyl (C=O) groups is 1. The van der Waals surface area contributed by atoms with Gasteiger partial charge in [0.15, 0.2) is 0 Å². The monoisotopic (exact) mass is 489 g/mol. The summed E-state index contributed by atoms with van der Waals surface area (Å²) in [6.45, 7) is 11.8. The number of nitrogens with two attached hydrogens (primary N) is 1. The predicted octanol–water partition coefficient (Wildman–Crippen LogP) is 5.31. The van der Waals surface area contributed by atoms with Crippen molar-refractivity contribution >= 4 is 45.4 Å². The average Bonchev–Trinajstić information content (AvgIpc) is 3.12. The van der Waals surface area contributed by atoms with Crippen LogP contribution in [0, 0.1) is 0 Å². The number of anilines is 1. The predicted molar refractivity (Wildman–Crippen MR) is 142 cm³/mol. The van der Waals surface area contributed by atoms with E-state index in [1.54, 1.807) is 12.3 Å². The number of rotatable bonds is 10. The number of nitrogens with zero attached hydrogens (tertiary/aromatic N) is 2. The fourth-order valence-corrected chi connectivity index (χ4v) is 5.09. The number of carbonyl (C=O) groups excluding carboxylic acids is 1. The first-order valence-electron chi connectivity index (χ1n) is 10.9. The van der Waals surface area contributed by atoms with Gasteiger partial charge in [-0.2, -0.15) is 0 Å². The van der Waals surface area contributed by atoms with Crippen molar-refractivity contribution in [2.24, 2.45) is 0 Å². The Morgan fingerprint density at radius 2 is 1.88 bits per heavy atom. The van der Waals surface area contributed by atoms with E-state index in [0.29, 0.717) is 40.9 Å². The first-order valence-corrected chi connectivity index (χ1v) is 12.1. The second-order valence-corrected chi connectivity index (χ2v) is 9.96. The first kappa shape index (κ1) is 27.1. The van der Waals surface area contributed by atoms with E-state index in [-0.39, 0.29) is 13.3 Å². The summed E-state index contributed by atoms with van der Waals surface area (Å²) < 4.78 is 0. The Bertz CT molecular complexity index is 1060. The van der Waals surface area contributed by atoms with Gasteiger partial charge in [0, 0.05) is 54.7 Å². The standard InChI is InChI=1S/C24H32ClN5OS.CH4/c1-15(2)30(16(3)4)10-9-27-14-22-20(25)12-21(32-22)24(31)29-13-17-5-6-19-18(11-17)7-8-28-23(19)26;/h5-8,11-12,15-16,27H,9-10,13-14H2,1-4H3,(H2,26,28)(H,29,31);1H4. The molecule has 180 valence electrons. The molecule has 3 aromatic rings. The molecule has 0 aliphatic carbocycles. The van der Waals surface area contributed by atoms with E-state index in [4.69, 9.17) is 17.3 Å². The molecule has 4 N–H and O–H groups in total. The first-order chi connectivity index (χ1) is 15.3. The number of hydrogen-bond acceptors (Lipinski definition) is 6. The molecule has 6 nitrogen and oxygen atoms in total. The summed E-state index contributed by atoms with van der Waals surface area (Å²) in [5.41, 5.74) is 6.91. The van der Waals surface area contributed by atoms with Gasteiger partial charge in [-0.1, -0.05) is 31.2 Å². The van der Waals surface area contributed by atoms with Crippen LogP contribution in [0.4, 0.5) is 5.82 Å². The van der Waals surface area contributed by atoms with Crippen LogP contribution < -0.4 is 16.4 Å². The zero-order chi connectivity index (χ0) is 23.3. The minimum absolute atomic E-state index is 0. The molecule has 3 rings (SSSR count). The number of benzene rings is 1. The Balaban J connectivity index is 0.00000385. The number of nitrogen functional groups attached to an aromatic ring is 1. The maximum Gasteiger partial charge on any atom is 0.261 e. The Kier molecular flexibility index (Phi) is 10.1. The molecular formula is C25H36ClN5OS. The molecule has 1 amide bonds. The Hall–Kier alpha value is -2.19. The van der Waals surface area contributed by atoms with Crippen LogP contribution in [0.2, 0.25) is 5.02 Å². The molecular weight excluding hydrogens is 454 g/mol. The highest BCUT2D eigenvalue weighted by molar-refractivity contribution is 7.14. The molecule has 33 heavy (non-hydrogen) atoms. The quantitative estimate of drug-likeness (QED) is 0.336. The van der Waals surface area contributed by atoms with Gasteiger partial charge in [0.25, 0.3) is 5.91 Å². The molecule has 0 spiro atoms. The van der Waals surface area contributed by atoms with Crippen LogP contribution in [0.25, 0.3) is 10.8 Å². The number of hydrogen-bond donors (Lipinski definition) is 3. The number of amides is 1. The summed E-state index contributed by atoms with van der Waals surface area (Å²) in [5, 5.41) is 8.98. The van der Waals surface area contributed by atoms with Crippen molar-refractivity contribution in [2.75, 3.05) is 18.8 Å². The van der Waals surface area contributed by atoms with Gasteiger partial charge < -0.3 is 16.4 Å². The molecule has 0 bridgehead atoms. The van der Waals surface area contributed by atoms with Crippen molar-refractivity contribution in [1.29, 1.82) is 0 Å². The SMILES string of the molecule is C.CC(C)N(CCNCc1sc(C(=O)NCc2ccc3c(N)nccc3c2)cc1Cl)C(C)C. The average molecular weight is 490 g/mol. The van der Waals surface area contributed by atoms with Gasteiger partial charge in [0.05, 0.1) is 9.90 Å². The second-order valence-electron chi connectivity index (χ2n) is 8.42. The van der Waals surface area contributed by atoms with Gasteiger partial charge >= 0.3 is 0 Å². The summed E-state index contributed by atoms with van der Waals surface area (Å²) in [7, 11) is 0. The molecule has 2 heterocycles. The number of aromatic nitrogens is 1. The van der Waals surface area contributed by atoms with Gasteiger partial charge in [0.1, 0.15) is 5.82 Å². The van der Waals surface area contributed by atoms with Crippen molar-refractivity contribution in [3.8, 4) is 0 Å². The van der Waals surface area contributed by atoms with E-state index in [0.717, 1.165) is 34.3 Å². The van der Waals surface area contributed by atoms with E-state index in [1.807, 2.05) is 24.3 Å². The summed E-state index contributed by atoms with van der Waals surface area (Å²) >= 11 is 7.82. The van der Waals surface area contributed by atoms with Gasteiger partial charge in [-0.15, -0.1) is 11.3 Å². The third-order valence-electron chi connectivity index (χ3n) is 5.45. The molecule has 0 fully saturated rings. The molecule has 0 radical (unpaired) electrons. The third-order valence-corrected chi connectivity index (χ3v) is 7.04. The molecule has 0 saturated carbocycles. The molecule has 1 aromatic carbocycles. The minimum atomic E-state index is -0.122. The normalized spacial score (nSPS) is 11.4. The van der Waals surface area contributed by atoms with Crippen molar-refractivity contribution in [2.45, 2.75) is 60.3 Å². The topological polar surface area (TPSA) is 83.3 Å². The van der Waals surface area contributed by atoms with Crippen molar-refractivity contribution in [3.05, 3.63) is 56.9 Å². The molecule has 0 unspecified atom stereocenters. The maximum atomic E-state index is 12.7. The minimum Gasteiger partial charge on any atom is -0.383 e. The molecule has 8 heteroatoms. The third kappa shape index (κ3) is 7.14. The van der Waals surface area contributed by atoms with Gasteiger partial charge in [-0.25, -0.2) is 4.98 Å². The molecule has 0 saturated heterocycles. The maximum absolute atomic E-state index is 12.7. The van der Waals surface area contributed by atoms with Gasteiger partial charge in [-0.3, -0.25) is 9.69 Å². The zero-order valence-corrected chi connectivity index (χ0v) is 20.7. The van der Waals surface area contributed by atoms with Crippen LogP contribution in [0.5, 0.6) is 0 Å². The highest BCUT2D eigenvalue weighted by Crippen LogP contribution is 2.27. The van der Waals surface area contributed by atoms with Gasteiger partial charge in [-0.05, 0) is 56.8 Å². The highest BCUT2D eigenvalue weighted by atomic mass is 35.5. The number of pyridine rings is 1. The number of nitrogens with one attached hydrogen (secondary N) is 2. The van der Waals surface area contributed by atoms with Crippen LogP contribution in [0.15, 0.2) is 36.5 Å². The van der Waals surface area contributed by atoms with Crippen LogP contribution in [-0.2, 0) is 13.1 Å². The van der Waals surface area contributed by atoms with Crippen LogP contribution in [0.1, 0.15) is 55.2 Å². The van der Waals surface area contributed by atoms with Crippen molar-refractivity contribution in [3.63, 3.8) is 0 Å². The van der Waals surface area contributed by atoms with Crippen LogP contribution in [0.3, 0.4) is 0 Å². The Morgan fingerprint density at radius 3 is 2.58 bits per heavy atom. The summed E-state index contributed by atoms with van der Waals surface area (Å²) in [6.07, 6.45) is 1.69. The Morgan fingerprint density at radius 1 is 1.15 bits per heavy atom. The van der Waals surface area contributed by atoms with Crippen molar-refractivity contribution in [1.82, 2.24) is 20.5 Å². The van der Waals surface area contributed by atoms with Crippen molar-refractivity contribution < 1.29 is 4.79 Å². The summed E-state index contributed by atoms with van der Waals surface area (Å²) in [5.74, 6) is 0.386. The fourth-order valence-electron chi connectivity index (χ4n) is 3.79. The lowest BCUT2D eigenvalue weighted by Crippen LogP contribution is -2.41. The molecule has 0 atom stereocenters. The highest BCUT2D eigenvalue weighted by Gasteiger charge is 2.15. The second kappa shape index (κ2) is 12.3. The summed E-state index contributed by atoms with van der Waals surface area (Å²) in [4.78, 5) is 20.8. The molecule has 0 aliphatic heterocycles. The zero-order valence-electron chi connectivity index (χ0n) is 19.1. The van der Waals surface area contributed by atoms with E-state index >= 15 is 0 Å². The van der Waals surface area contributed by atoms with E-state index in [2.05, 4.69) is 48.2 Å². The van der Waals surface area contributed by atoms with Crippen LogP contribution in [-0.4, -0.2) is 41.0 Å². The number of fused-ring (bicyclic) bond motifs is 1. The summed E-state index contributed by atoms with van der Waals surface area (Å²) in [6, 6.07) is 10.6. The molecule has 0 aliphatic rings. The molecule has 2 aromatic heterocycles. The van der Waals surface area contributed by atoms with E-state index in [1.165, 1.54) is 11.3 Å². The number of halogens is 1. The lowest BCUT2D eigenvalue weighted by molar-refractivity contribution is 0.0955. The van der Waals surface area contributed by atoms with E-state index < -0.39 is 0 Å².